The van der Waals surface area contributed by atoms with Gasteiger partial charge < -0.3 is 0 Å². The van der Waals surface area contributed by atoms with Crippen LogP contribution in [0.3, 0.4) is 0 Å². The molecule has 0 spiro atoms. The van der Waals surface area contributed by atoms with Crippen molar-refractivity contribution in [3.63, 3.8) is 0 Å². The molecule has 2 aliphatic rings. The van der Waals surface area contributed by atoms with Crippen molar-refractivity contribution in [1.29, 1.82) is 0 Å². The molecule has 2 aliphatic carbocycles. The van der Waals surface area contributed by atoms with Crippen molar-refractivity contribution in [2.24, 2.45) is 11.8 Å². The minimum Gasteiger partial charge on any atom is -0.292 e. The molecule has 0 radical (unpaired) electrons. The summed E-state index contributed by atoms with van der Waals surface area (Å²) in [5, 5.41) is 2.61. The maximum absolute atomic E-state index is 5.09. The Balaban J connectivity index is 1.24. The lowest BCUT2D eigenvalue weighted by Crippen LogP contribution is -2.39. The third-order valence-corrected chi connectivity index (χ3v) is 9.93. The van der Waals surface area contributed by atoms with E-state index in [0.29, 0.717) is 5.92 Å². The zero-order chi connectivity index (χ0) is 32.0. The third kappa shape index (κ3) is 4.68. The van der Waals surface area contributed by atoms with Crippen LogP contribution in [-0.4, -0.2) is 9.55 Å². The molecular weight excluding hydrogens is 581 g/mol. The Morgan fingerprint density at radius 2 is 1.17 bits per heavy atom. The summed E-state index contributed by atoms with van der Waals surface area (Å²) in [4.78, 5) is 5.09. The average molecular weight is 615 g/mol. The van der Waals surface area contributed by atoms with E-state index < -0.39 is 0 Å². The molecule has 9 rings (SSSR count). The van der Waals surface area contributed by atoms with Gasteiger partial charge in [-0.3, -0.25) is 4.57 Å². The number of para-hydroxylation sites is 3. The Kier molecular flexibility index (Phi) is 6.87. The summed E-state index contributed by atoms with van der Waals surface area (Å²) in [6.45, 7) is 2.36. The summed E-state index contributed by atoms with van der Waals surface area (Å²) in [6, 6.07) is 56.8. The number of aromatic nitrogens is 2. The van der Waals surface area contributed by atoms with Crippen LogP contribution in [0, 0.1) is 11.8 Å². The van der Waals surface area contributed by atoms with Gasteiger partial charge in [0.1, 0.15) is 5.82 Å². The van der Waals surface area contributed by atoms with Gasteiger partial charge in [-0.25, -0.2) is 4.98 Å². The van der Waals surface area contributed by atoms with Gasteiger partial charge >= 0.3 is 0 Å². The fraction of sp³-hybridized carbons (Fsp3) is 0.0652. The SMILES string of the molecule is CC1C=CC=C2C(c3ccccc3)=c3ccc(-c4ccc(-c5nc6ccccc6n5-c5ccccc5)cc4)cc3=C(c3ccccc3)C21. The number of benzene rings is 6. The van der Waals surface area contributed by atoms with Gasteiger partial charge in [0.2, 0.25) is 0 Å². The van der Waals surface area contributed by atoms with Crippen molar-refractivity contribution in [3.8, 4) is 28.2 Å². The highest BCUT2D eigenvalue weighted by atomic mass is 15.1. The molecule has 0 bridgehead atoms. The van der Waals surface area contributed by atoms with Crippen LogP contribution in [0.5, 0.6) is 0 Å². The van der Waals surface area contributed by atoms with Crippen molar-refractivity contribution in [2.75, 3.05) is 0 Å². The van der Waals surface area contributed by atoms with E-state index in [-0.39, 0.29) is 5.92 Å². The number of hydrogen-bond donors (Lipinski definition) is 0. The Morgan fingerprint density at radius 1 is 0.542 bits per heavy atom. The maximum atomic E-state index is 5.09. The Hall–Kier alpha value is -5.99. The Bertz CT molecular complexity index is 2480. The first kappa shape index (κ1) is 28.3. The summed E-state index contributed by atoms with van der Waals surface area (Å²) >= 11 is 0. The van der Waals surface area contributed by atoms with E-state index in [0.717, 1.165) is 28.1 Å². The predicted molar refractivity (Wildman–Crippen MR) is 199 cm³/mol. The zero-order valence-corrected chi connectivity index (χ0v) is 26.8. The average Bonchev–Trinajstić information content (AvgIpc) is 3.55. The molecule has 0 aliphatic heterocycles. The number of fused-ring (bicyclic) bond motifs is 3. The molecule has 7 aromatic rings. The van der Waals surface area contributed by atoms with Crippen molar-refractivity contribution < 1.29 is 0 Å². The largest absolute Gasteiger partial charge is 0.292 e. The lowest BCUT2D eigenvalue weighted by Gasteiger charge is -2.35. The van der Waals surface area contributed by atoms with Crippen LogP contribution in [0.1, 0.15) is 18.1 Å². The van der Waals surface area contributed by atoms with Gasteiger partial charge in [0.05, 0.1) is 11.0 Å². The molecule has 2 nitrogen and oxygen atoms in total. The molecule has 0 N–H and O–H groups in total. The summed E-state index contributed by atoms with van der Waals surface area (Å²) in [5.41, 5.74) is 13.4. The fourth-order valence-electron chi connectivity index (χ4n) is 7.73. The van der Waals surface area contributed by atoms with Gasteiger partial charge in [0.25, 0.3) is 0 Å². The summed E-state index contributed by atoms with van der Waals surface area (Å²) in [7, 11) is 0. The van der Waals surface area contributed by atoms with Crippen LogP contribution in [0.15, 0.2) is 182 Å². The standard InChI is InChI=1S/C46H34N2/c1-31-14-13-21-39-43(31)45(34-17-7-3-8-18-34)40-30-36(28-29-38(40)44(39)33-15-5-2-6-16-33)32-24-26-35(27-25-32)46-47-41-22-11-12-23-42(41)48(46)37-19-9-4-10-20-37/h2-31,43H,1H3. The van der Waals surface area contributed by atoms with Crippen molar-refractivity contribution in [1.82, 2.24) is 9.55 Å². The molecule has 0 saturated heterocycles. The van der Waals surface area contributed by atoms with Gasteiger partial charge in [-0.2, -0.15) is 0 Å². The highest BCUT2D eigenvalue weighted by molar-refractivity contribution is 5.90. The normalized spacial score (nSPS) is 16.8. The molecule has 1 heterocycles. The quantitative estimate of drug-likeness (QED) is 0.189. The van der Waals surface area contributed by atoms with Crippen LogP contribution in [0.25, 0.3) is 50.4 Å². The summed E-state index contributed by atoms with van der Waals surface area (Å²) < 4.78 is 2.26. The summed E-state index contributed by atoms with van der Waals surface area (Å²) in [5.74, 6) is 1.59. The molecule has 2 unspecified atom stereocenters. The minimum atomic E-state index is 0.267. The molecule has 0 fully saturated rings. The highest BCUT2D eigenvalue weighted by Gasteiger charge is 2.33. The number of hydrogen-bond acceptors (Lipinski definition) is 1. The van der Waals surface area contributed by atoms with Crippen LogP contribution in [0.2, 0.25) is 0 Å². The van der Waals surface area contributed by atoms with Gasteiger partial charge in [-0.1, -0.05) is 153 Å². The van der Waals surface area contributed by atoms with Gasteiger partial charge in [0, 0.05) is 17.2 Å². The van der Waals surface area contributed by atoms with Crippen LogP contribution in [0.4, 0.5) is 0 Å². The topological polar surface area (TPSA) is 17.8 Å². The maximum Gasteiger partial charge on any atom is 0.145 e. The van der Waals surface area contributed by atoms with Crippen molar-refractivity contribution in [2.45, 2.75) is 6.92 Å². The second-order valence-corrected chi connectivity index (χ2v) is 12.8. The Labute approximate surface area is 281 Å². The molecule has 0 amide bonds. The molecule has 2 atom stereocenters. The molecular formula is C46H34N2. The first-order valence-electron chi connectivity index (χ1n) is 16.8. The van der Waals surface area contributed by atoms with E-state index in [9.17, 15) is 0 Å². The van der Waals surface area contributed by atoms with Gasteiger partial charge in [0.15, 0.2) is 0 Å². The predicted octanol–water partition coefficient (Wildman–Crippen LogP) is 9.52. The van der Waals surface area contributed by atoms with E-state index in [1.165, 1.54) is 49.4 Å². The van der Waals surface area contributed by atoms with E-state index in [1.807, 2.05) is 0 Å². The van der Waals surface area contributed by atoms with Crippen LogP contribution in [-0.2, 0) is 0 Å². The smallest absolute Gasteiger partial charge is 0.145 e. The summed E-state index contributed by atoms with van der Waals surface area (Å²) in [6.07, 6.45) is 6.94. The molecule has 228 valence electrons. The molecule has 1 aromatic heterocycles. The number of rotatable bonds is 5. The lowest BCUT2D eigenvalue weighted by atomic mass is 9.68. The Morgan fingerprint density at radius 3 is 1.92 bits per heavy atom. The number of imidazole rings is 1. The van der Waals surface area contributed by atoms with Crippen molar-refractivity contribution in [3.05, 3.63) is 203 Å². The highest BCUT2D eigenvalue weighted by Crippen LogP contribution is 2.43. The first-order chi connectivity index (χ1) is 23.7. The van der Waals surface area contributed by atoms with Crippen molar-refractivity contribution >= 4 is 22.2 Å². The van der Waals surface area contributed by atoms with Gasteiger partial charge in [-0.05, 0) is 85.7 Å². The number of nitrogens with zero attached hydrogens (tertiary/aromatic N) is 2. The van der Waals surface area contributed by atoms with Gasteiger partial charge in [-0.15, -0.1) is 0 Å². The van der Waals surface area contributed by atoms with E-state index in [4.69, 9.17) is 4.98 Å². The third-order valence-electron chi connectivity index (χ3n) is 9.93. The van der Waals surface area contributed by atoms with Crippen LogP contribution < -0.4 is 10.4 Å². The zero-order valence-electron chi connectivity index (χ0n) is 26.8. The number of allylic oxidation sites excluding steroid dienone is 4. The molecule has 0 saturated carbocycles. The molecule has 2 heteroatoms. The van der Waals surface area contributed by atoms with E-state index >= 15 is 0 Å². The second kappa shape index (κ2) is 11.7. The van der Waals surface area contributed by atoms with E-state index in [2.05, 4.69) is 187 Å². The molecule has 6 aromatic carbocycles. The fourth-order valence-corrected chi connectivity index (χ4v) is 7.73. The second-order valence-electron chi connectivity index (χ2n) is 12.8. The van der Waals surface area contributed by atoms with E-state index in [1.54, 1.807) is 0 Å². The lowest BCUT2D eigenvalue weighted by molar-refractivity contribution is 0.597. The molecule has 48 heavy (non-hydrogen) atoms. The first-order valence-corrected chi connectivity index (χ1v) is 16.8. The minimum absolute atomic E-state index is 0.267. The monoisotopic (exact) mass is 614 g/mol. The van der Waals surface area contributed by atoms with Crippen LogP contribution >= 0.6 is 0 Å².